The van der Waals surface area contributed by atoms with E-state index in [-0.39, 0.29) is 0 Å². The van der Waals surface area contributed by atoms with Gasteiger partial charge in [0.1, 0.15) is 5.58 Å². The maximum absolute atomic E-state index is 5.28. The molecule has 1 aromatic carbocycles. The minimum Gasteiger partial charge on any atom is -0.464 e. The van der Waals surface area contributed by atoms with Crippen LogP contribution in [0.2, 0.25) is 0 Å². The van der Waals surface area contributed by atoms with E-state index in [2.05, 4.69) is 16.9 Å². The molecule has 3 rings (SSSR count). The van der Waals surface area contributed by atoms with Gasteiger partial charge in [-0.3, -0.25) is 0 Å². The van der Waals surface area contributed by atoms with Crippen LogP contribution in [0.15, 0.2) is 28.9 Å². The molecule has 3 nitrogen and oxygen atoms in total. The van der Waals surface area contributed by atoms with Gasteiger partial charge in [-0.25, -0.2) is 5.43 Å². The Morgan fingerprint density at radius 2 is 2.25 bits per heavy atom. The molecule has 0 unspecified atom stereocenters. The summed E-state index contributed by atoms with van der Waals surface area (Å²) in [5.74, 6) is 0. The van der Waals surface area contributed by atoms with Gasteiger partial charge in [0.05, 0.1) is 12.0 Å². The Labute approximate surface area is 69.3 Å². The zero-order valence-electron chi connectivity index (χ0n) is 6.42. The van der Waals surface area contributed by atoms with Crippen LogP contribution in [0, 0.1) is 0 Å². The molecule has 2 aromatic rings. The van der Waals surface area contributed by atoms with E-state index in [0.717, 1.165) is 23.2 Å². The van der Waals surface area contributed by atoms with Gasteiger partial charge in [0.2, 0.25) is 0 Å². The van der Waals surface area contributed by atoms with Crippen LogP contribution in [-0.2, 0) is 6.54 Å². The Bertz CT molecular complexity index is 433. The second-order valence-corrected chi connectivity index (χ2v) is 2.91. The van der Waals surface area contributed by atoms with Gasteiger partial charge >= 0.3 is 0 Å². The molecule has 0 fully saturated rings. The number of hydrazine groups is 1. The van der Waals surface area contributed by atoms with Crippen molar-refractivity contribution in [1.82, 2.24) is 5.43 Å². The Balaban J connectivity index is 2.46. The lowest BCUT2D eigenvalue weighted by Crippen LogP contribution is -2.10. The number of fused-ring (bicyclic) bond motifs is 3. The zero-order chi connectivity index (χ0) is 7.97. The quantitative estimate of drug-likeness (QED) is 0.617. The number of benzene rings is 1. The molecule has 12 heavy (non-hydrogen) atoms. The van der Waals surface area contributed by atoms with Crippen LogP contribution < -0.4 is 10.9 Å². The summed E-state index contributed by atoms with van der Waals surface area (Å²) in [7, 11) is 0. The third-order valence-corrected chi connectivity index (χ3v) is 2.21. The van der Waals surface area contributed by atoms with Crippen LogP contribution >= 0.6 is 0 Å². The van der Waals surface area contributed by atoms with Gasteiger partial charge in [-0.1, -0.05) is 6.07 Å². The van der Waals surface area contributed by atoms with Crippen molar-refractivity contribution in [1.29, 1.82) is 0 Å². The van der Waals surface area contributed by atoms with Crippen molar-refractivity contribution < 1.29 is 4.42 Å². The zero-order valence-corrected chi connectivity index (χ0v) is 6.42. The highest BCUT2D eigenvalue weighted by Gasteiger charge is 2.13. The average Bonchev–Trinajstić information content (AvgIpc) is 2.71. The predicted molar refractivity (Wildman–Crippen MR) is 46.7 cm³/mol. The molecular weight excluding hydrogens is 152 g/mol. The summed E-state index contributed by atoms with van der Waals surface area (Å²) in [6.07, 6.45) is 1.71. The van der Waals surface area contributed by atoms with E-state index in [1.807, 2.05) is 12.1 Å². The molecule has 1 aliphatic heterocycles. The molecule has 2 heterocycles. The first kappa shape index (κ1) is 6.08. The van der Waals surface area contributed by atoms with Gasteiger partial charge in [0.25, 0.3) is 0 Å². The fraction of sp³-hybridized carbons (Fsp3) is 0.111. The van der Waals surface area contributed by atoms with Crippen molar-refractivity contribution >= 4 is 16.7 Å². The third kappa shape index (κ3) is 0.636. The normalized spacial score (nSPS) is 14.7. The highest BCUT2D eigenvalue weighted by molar-refractivity contribution is 5.92. The number of anilines is 1. The topological polar surface area (TPSA) is 37.2 Å². The van der Waals surface area contributed by atoms with Crippen molar-refractivity contribution in [2.24, 2.45) is 0 Å². The second-order valence-electron chi connectivity index (χ2n) is 2.91. The minimum absolute atomic E-state index is 0.885. The first-order valence-corrected chi connectivity index (χ1v) is 3.93. The Hall–Kier alpha value is -1.48. The number of rotatable bonds is 0. The largest absolute Gasteiger partial charge is 0.464 e. The van der Waals surface area contributed by atoms with Crippen LogP contribution in [0.4, 0.5) is 5.69 Å². The highest BCUT2D eigenvalue weighted by Crippen LogP contribution is 2.30. The minimum atomic E-state index is 0.885. The van der Waals surface area contributed by atoms with Crippen molar-refractivity contribution in [2.45, 2.75) is 6.54 Å². The molecule has 1 aromatic heterocycles. The van der Waals surface area contributed by atoms with Crippen molar-refractivity contribution in [2.75, 3.05) is 5.43 Å². The summed E-state index contributed by atoms with van der Waals surface area (Å²) in [5, 5.41) is 1.15. The number of nitrogens with one attached hydrogen (secondary N) is 2. The highest BCUT2D eigenvalue weighted by atomic mass is 16.3. The monoisotopic (exact) mass is 160 g/mol. The summed E-state index contributed by atoms with van der Waals surface area (Å²) in [6.45, 7) is 0.885. The smallest absolute Gasteiger partial charge is 0.136 e. The van der Waals surface area contributed by atoms with Crippen molar-refractivity contribution in [3.05, 3.63) is 30.0 Å². The van der Waals surface area contributed by atoms with Crippen molar-refractivity contribution in [3.8, 4) is 0 Å². The van der Waals surface area contributed by atoms with Gasteiger partial charge in [0, 0.05) is 11.9 Å². The van der Waals surface area contributed by atoms with E-state index in [1.54, 1.807) is 6.26 Å². The summed E-state index contributed by atoms with van der Waals surface area (Å²) < 4.78 is 5.28. The Morgan fingerprint density at radius 3 is 3.25 bits per heavy atom. The van der Waals surface area contributed by atoms with E-state index in [1.165, 1.54) is 5.56 Å². The Morgan fingerprint density at radius 1 is 1.25 bits per heavy atom. The summed E-state index contributed by atoms with van der Waals surface area (Å²) >= 11 is 0. The third-order valence-electron chi connectivity index (χ3n) is 2.21. The average molecular weight is 160 g/mol. The summed E-state index contributed by atoms with van der Waals surface area (Å²) in [6, 6.07) is 6.06. The van der Waals surface area contributed by atoms with E-state index in [4.69, 9.17) is 4.42 Å². The molecule has 60 valence electrons. The first-order valence-electron chi connectivity index (χ1n) is 3.93. The maximum atomic E-state index is 5.28. The molecule has 1 aliphatic rings. The molecule has 0 radical (unpaired) electrons. The van der Waals surface area contributed by atoms with Gasteiger partial charge in [0.15, 0.2) is 0 Å². The van der Waals surface area contributed by atoms with Gasteiger partial charge in [-0.15, -0.1) is 0 Å². The molecule has 0 amide bonds. The molecule has 3 heteroatoms. The lowest BCUT2D eigenvalue weighted by molar-refractivity contribution is 0.616. The number of hydrogen-bond donors (Lipinski definition) is 2. The molecular formula is C9H8N2O. The first-order chi connectivity index (χ1) is 5.95. The molecule has 0 saturated carbocycles. The molecule has 0 atom stereocenters. The molecule has 0 saturated heterocycles. The van der Waals surface area contributed by atoms with E-state index >= 15 is 0 Å². The van der Waals surface area contributed by atoms with Gasteiger partial charge in [-0.05, 0) is 17.7 Å². The van der Waals surface area contributed by atoms with E-state index < -0.39 is 0 Å². The van der Waals surface area contributed by atoms with Gasteiger partial charge in [-0.2, -0.15) is 0 Å². The van der Waals surface area contributed by atoms with Crippen molar-refractivity contribution in [3.63, 3.8) is 0 Å². The lowest BCUT2D eigenvalue weighted by atomic mass is 10.1. The molecule has 0 bridgehead atoms. The van der Waals surface area contributed by atoms with Crippen LogP contribution in [0.1, 0.15) is 5.56 Å². The summed E-state index contributed by atoms with van der Waals surface area (Å²) in [5.41, 5.74) is 9.58. The fourth-order valence-electron chi connectivity index (χ4n) is 1.61. The van der Waals surface area contributed by atoms with E-state index in [9.17, 15) is 0 Å². The molecule has 0 spiro atoms. The number of hydrogen-bond acceptors (Lipinski definition) is 3. The second kappa shape index (κ2) is 2.01. The predicted octanol–water partition coefficient (Wildman–Crippen LogP) is 1.86. The Kier molecular flexibility index (Phi) is 1.02. The van der Waals surface area contributed by atoms with Crippen LogP contribution in [0.25, 0.3) is 11.0 Å². The fourth-order valence-corrected chi connectivity index (χ4v) is 1.61. The summed E-state index contributed by atoms with van der Waals surface area (Å²) in [4.78, 5) is 0. The van der Waals surface area contributed by atoms with Crippen LogP contribution in [-0.4, -0.2) is 0 Å². The van der Waals surface area contributed by atoms with E-state index in [0.29, 0.717) is 0 Å². The standard InChI is InChI=1S/C9H8N2O/c1-2-8-7(3-4-12-8)9-6(1)5-10-11-9/h1-4,10-11H,5H2. The van der Waals surface area contributed by atoms with Gasteiger partial charge < -0.3 is 9.84 Å². The van der Waals surface area contributed by atoms with Crippen LogP contribution in [0.5, 0.6) is 0 Å². The maximum Gasteiger partial charge on any atom is 0.136 e. The molecule has 0 aliphatic carbocycles. The SMILES string of the molecule is c1cc2c3c(ccc2o1)CNN3. The lowest BCUT2D eigenvalue weighted by Gasteiger charge is -1.98. The van der Waals surface area contributed by atoms with Crippen LogP contribution in [0.3, 0.4) is 0 Å². The molecule has 2 N–H and O–H groups in total. The number of furan rings is 1.